The maximum atomic E-state index is 13.6. The van der Waals surface area contributed by atoms with Crippen molar-refractivity contribution in [3.8, 4) is 0 Å². The molecule has 0 aliphatic rings. The highest BCUT2D eigenvalue weighted by Crippen LogP contribution is 2.29. The Morgan fingerprint density at radius 2 is 1.59 bits per heavy atom. The minimum Gasteiger partial charge on any atom is -0.372 e. The van der Waals surface area contributed by atoms with E-state index in [0.29, 0.717) is 12.8 Å². The maximum absolute atomic E-state index is 13.6. The van der Waals surface area contributed by atoms with E-state index >= 15 is 0 Å². The molecule has 0 saturated heterocycles. The summed E-state index contributed by atoms with van der Waals surface area (Å²) in [5.74, 6) is 0.141. The van der Waals surface area contributed by atoms with Crippen molar-refractivity contribution < 1.29 is 4.79 Å². The normalized spacial score (nSPS) is 13.2. The smallest absolute Gasteiger partial charge is 0.183 e. The minimum absolute atomic E-state index is 0.141. The highest BCUT2D eigenvalue weighted by Gasteiger charge is 2.40. The first-order valence-corrected chi connectivity index (χ1v) is 9.70. The summed E-state index contributed by atoms with van der Waals surface area (Å²) in [5, 5.41) is 0. The molecule has 27 heavy (non-hydrogen) atoms. The zero-order valence-electron chi connectivity index (χ0n) is 17.1. The van der Waals surface area contributed by atoms with Crippen molar-refractivity contribution in [2.75, 3.05) is 32.1 Å². The molecule has 0 aliphatic carbocycles. The van der Waals surface area contributed by atoms with Crippen LogP contribution in [0.4, 0.5) is 5.69 Å². The van der Waals surface area contributed by atoms with Crippen molar-refractivity contribution in [3.05, 3.63) is 78.4 Å². The predicted molar refractivity (Wildman–Crippen MR) is 116 cm³/mol. The average Bonchev–Trinajstić information content (AvgIpc) is 2.69. The maximum Gasteiger partial charge on any atom is 0.183 e. The van der Waals surface area contributed by atoms with Crippen LogP contribution in [0.2, 0.25) is 0 Å². The van der Waals surface area contributed by atoms with E-state index in [9.17, 15) is 4.79 Å². The molecule has 0 fully saturated rings. The van der Waals surface area contributed by atoms with Crippen molar-refractivity contribution in [2.24, 2.45) is 0 Å². The van der Waals surface area contributed by atoms with Crippen LogP contribution in [0, 0.1) is 0 Å². The van der Waals surface area contributed by atoms with E-state index in [4.69, 9.17) is 0 Å². The number of nitrogens with zero attached hydrogens (tertiary/aromatic N) is 2. The summed E-state index contributed by atoms with van der Waals surface area (Å²) in [6.07, 6.45) is 3.11. The average molecular weight is 365 g/mol. The first kappa shape index (κ1) is 20.9. The van der Waals surface area contributed by atoms with Gasteiger partial charge in [0.1, 0.15) is 0 Å². The summed E-state index contributed by atoms with van der Waals surface area (Å²) in [4.78, 5) is 17.9. The number of Topliss-reactive ketones (excluding diaryl/α,β-unsaturated/α-hetero) is 1. The van der Waals surface area contributed by atoms with Gasteiger partial charge in [0.2, 0.25) is 0 Å². The van der Waals surface area contributed by atoms with E-state index in [1.807, 2.05) is 55.4 Å². The number of likely N-dealkylation sites (N-methyl/N-ethyl adjacent to an activating group) is 1. The number of rotatable bonds is 10. The van der Waals surface area contributed by atoms with E-state index in [1.54, 1.807) is 0 Å². The molecule has 2 aromatic rings. The van der Waals surface area contributed by atoms with Crippen LogP contribution >= 0.6 is 0 Å². The van der Waals surface area contributed by atoms with Gasteiger partial charge in [-0.25, -0.2) is 0 Å². The summed E-state index contributed by atoms with van der Waals surface area (Å²) < 4.78 is 0. The summed E-state index contributed by atoms with van der Waals surface area (Å²) in [7, 11) is 3.96. The monoisotopic (exact) mass is 364 g/mol. The van der Waals surface area contributed by atoms with Crippen LogP contribution in [0.15, 0.2) is 67.3 Å². The molecular weight excluding hydrogens is 332 g/mol. The molecule has 0 aromatic heterocycles. The first-order valence-electron chi connectivity index (χ1n) is 9.70. The Morgan fingerprint density at radius 3 is 2.07 bits per heavy atom. The number of ketones is 1. The lowest BCUT2D eigenvalue weighted by Gasteiger charge is -2.38. The number of benzene rings is 2. The summed E-state index contributed by atoms with van der Waals surface area (Å²) in [5.41, 5.74) is 2.41. The molecule has 0 spiro atoms. The Labute approximate surface area is 164 Å². The van der Waals surface area contributed by atoms with Crippen LogP contribution in [-0.4, -0.2) is 43.4 Å². The fourth-order valence-corrected chi connectivity index (χ4v) is 3.64. The van der Waals surface area contributed by atoms with Gasteiger partial charge in [0.05, 0.1) is 5.54 Å². The number of anilines is 1. The second-order valence-electron chi connectivity index (χ2n) is 7.13. The van der Waals surface area contributed by atoms with E-state index in [1.165, 1.54) is 0 Å². The van der Waals surface area contributed by atoms with Crippen molar-refractivity contribution in [3.63, 3.8) is 0 Å². The number of carbonyl (C=O) groups is 1. The van der Waals surface area contributed by atoms with Gasteiger partial charge in [0, 0.05) is 24.3 Å². The van der Waals surface area contributed by atoms with Gasteiger partial charge in [-0.15, -0.1) is 6.58 Å². The van der Waals surface area contributed by atoms with Crippen LogP contribution < -0.4 is 4.90 Å². The standard InChI is InChI=1S/C24H32N2O/c1-6-18-24(25(4)5,19-20-12-10-9-11-13-20)23(27)21-14-16-22(17-15-21)26(7-2)8-3/h6,9-17H,1,7-8,18-19H2,2-5H3. The lowest BCUT2D eigenvalue weighted by molar-refractivity contribution is 0.0683. The largest absolute Gasteiger partial charge is 0.372 e. The molecule has 2 aromatic carbocycles. The van der Waals surface area contributed by atoms with Gasteiger partial charge in [0.25, 0.3) is 0 Å². The van der Waals surface area contributed by atoms with Crippen LogP contribution in [0.5, 0.6) is 0 Å². The minimum atomic E-state index is -0.639. The third-order valence-electron chi connectivity index (χ3n) is 5.36. The quantitative estimate of drug-likeness (QED) is 0.445. The van der Waals surface area contributed by atoms with Crippen LogP contribution in [0.3, 0.4) is 0 Å². The number of carbonyl (C=O) groups excluding carboxylic acids is 1. The highest BCUT2D eigenvalue weighted by atomic mass is 16.1. The van der Waals surface area contributed by atoms with Crippen molar-refractivity contribution in [1.82, 2.24) is 4.90 Å². The number of hydrogen-bond acceptors (Lipinski definition) is 3. The fraction of sp³-hybridized carbons (Fsp3) is 0.375. The molecule has 144 valence electrons. The summed E-state index contributed by atoms with van der Waals surface area (Å²) >= 11 is 0. The molecular formula is C24H32N2O. The van der Waals surface area contributed by atoms with Gasteiger partial charge in [-0.3, -0.25) is 9.69 Å². The fourth-order valence-electron chi connectivity index (χ4n) is 3.64. The van der Waals surface area contributed by atoms with Crippen LogP contribution in [0.25, 0.3) is 0 Å². The molecule has 3 heteroatoms. The SMILES string of the molecule is C=CCC(Cc1ccccc1)(C(=O)c1ccc(N(CC)CC)cc1)N(C)C. The molecule has 0 aliphatic heterocycles. The lowest BCUT2D eigenvalue weighted by Crippen LogP contribution is -2.52. The third kappa shape index (κ3) is 4.67. The topological polar surface area (TPSA) is 23.6 Å². The predicted octanol–water partition coefficient (Wildman–Crippen LogP) is 4.83. The van der Waals surface area contributed by atoms with Gasteiger partial charge >= 0.3 is 0 Å². The third-order valence-corrected chi connectivity index (χ3v) is 5.36. The van der Waals surface area contributed by atoms with E-state index in [0.717, 1.165) is 29.9 Å². The molecule has 0 amide bonds. The number of hydrogen-bond donors (Lipinski definition) is 0. The zero-order valence-corrected chi connectivity index (χ0v) is 17.1. The molecule has 1 atom stereocenters. The van der Waals surface area contributed by atoms with E-state index < -0.39 is 5.54 Å². The second kappa shape index (κ2) is 9.52. The Morgan fingerprint density at radius 1 is 1.00 bits per heavy atom. The van der Waals surface area contributed by atoms with Gasteiger partial charge in [-0.05, 0) is 70.6 Å². The van der Waals surface area contributed by atoms with E-state index in [2.05, 4.69) is 49.6 Å². The summed E-state index contributed by atoms with van der Waals surface area (Å²) in [6.45, 7) is 10.1. The van der Waals surface area contributed by atoms with Gasteiger partial charge < -0.3 is 4.90 Å². The zero-order chi connectivity index (χ0) is 19.9. The highest BCUT2D eigenvalue weighted by molar-refractivity contribution is 6.03. The van der Waals surface area contributed by atoms with E-state index in [-0.39, 0.29) is 5.78 Å². The second-order valence-corrected chi connectivity index (χ2v) is 7.13. The lowest BCUT2D eigenvalue weighted by atomic mass is 9.79. The molecule has 0 saturated carbocycles. The Bertz CT molecular complexity index is 733. The Balaban J connectivity index is 2.39. The molecule has 1 unspecified atom stereocenters. The van der Waals surface area contributed by atoms with Crippen molar-refractivity contribution in [1.29, 1.82) is 0 Å². The molecule has 0 bridgehead atoms. The molecule has 0 heterocycles. The van der Waals surface area contributed by atoms with Crippen molar-refractivity contribution >= 4 is 11.5 Å². The van der Waals surface area contributed by atoms with Crippen LogP contribution in [-0.2, 0) is 6.42 Å². The first-order chi connectivity index (χ1) is 13.0. The molecule has 0 N–H and O–H groups in total. The molecule has 2 rings (SSSR count). The Kier molecular flexibility index (Phi) is 7.37. The van der Waals surface area contributed by atoms with Gasteiger partial charge in [0.15, 0.2) is 5.78 Å². The Hall–Kier alpha value is -2.39. The summed E-state index contributed by atoms with van der Waals surface area (Å²) in [6, 6.07) is 18.2. The molecule has 0 radical (unpaired) electrons. The van der Waals surface area contributed by atoms with Crippen LogP contribution in [0.1, 0.15) is 36.2 Å². The molecule has 3 nitrogen and oxygen atoms in total. The van der Waals surface area contributed by atoms with Crippen molar-refractivity contribution in [2.45, 2.75) is 32.2 Å². The van der Waals surface area contributed by atoms with Gasteiger partial charge in [-0.2, -0.15) is 0 Å². The van der Waals surface area contributed by atoms with Gasteiger partial charge in [-0.1, -0.05) is 36.4 Å².